The zero-order chi connectivity index (χ0) is 13.4. The highest BCUT2D eigenvalue weighted by atomic mass is 35.5. The fourth-order valence-electron chi connectivity index (χ4n) is 3.36. The van der Waals surface area contributed by atoms with Crippen molar-refractivity contribution in [3.05, 3.63) is 15.6 Å². The Kier molecular flexibility index (Phi) is 6.91. The molecule has 0 saturated carbocycles. The summed E-state index contributed by atoms with van der Waals surface area (Å²) in [5.41, 5.74) is 1.02. The quantitative estimate of drug-likeness (QED) is 0.890. The minimum absolute atomic E-state index is 0. The first-order chi connectivity index (χ1) is 9.15. The molecule has 1 amide bonds. The number of aryl methyl sites for hydroxylation is 2. The summed E-state index contributed by atoms with van der Waals surface area (Å²) in [7, 11) is 0. The predicted octanol–water partition coefficient (Wildman–Crippen LogP) is 2.50. The fraction of sp³-hybridized carbons (Fsp3) is 0.714. The number of thiazole rings is 1. The zero-order valence-corrected chi connectivity index (χ0v) is 14.9. The molecule has 0 unspecified atom stereocenters. The smallest absolute Gasteiger partial charge is 0.228 e. The second-order valence-corrected chi connectivity index (χ2v) is 6.88. The van der Waals surface area contributed by atoms with Crippen LogP contribution in [0.1, 0.15) is 34.8 Å². The van der Waals surface area contributed by atoms with E-state index in [-0.39, 0.29) is 24.8 Å². The molecule has 0 radical (unpaired) electrons. The van der Waals surface area contributed by atoms with Gasteiger partial charge in [0.2, 0.25) is 5.91 Å². The molecular formula is C14H23Cl2N3OS. The monoisotopic (exact) mass is 351 g/mol. The fourth-order valence-corrected chi connectivity index (χ4v) is 4.28. The van der Waals surface area contributed by atoms with Gasteiger partial charge in [-0.1, -0.05) is 0 Å². The number of nitrogens with one attached hydrogen (secondary N) is 1. The number of halogens is 2. The van der Waals surface area contributed by atoms with Gasteiger partial charge in [0.05, 0.1) is 17.1 Å². The molecule has 1 aromatic rings. The molecule has 2 saturated heterocycles. The maximum Gasteiger partial charge on any atom is 0.228 e. The van der Waals surface area contributed by atoms with Crippen molar-refractivity contribution in [3.63, 3.8) is 0 Å². The third-order valence-corrected chi connectivity index (χ3v) is 5.33. The van der Waals surface area contributed by atoms with Crippen molar-refractivity contribution in [1.82, 2.24) is 15.2 Å². The molecule has 0 aliphatic carbocycles. The highest BCUT2D eigenvalue weighted by Gasteiger charge is 2.37. The number of rotatable bonds is 2. The minimum atomic E-state index is 0. The van der Waals surface area contributed by atoms with Crippen molar-refractivity contribution >= 4 is 42.1 Å². The third kappa shape index (κ3) is 3.89. The van der Waals surface area contributed by atoms with E-state index in [1.807, 2.05) is 13.8 Å². The topological polar surface area (TPSA) is 45.2 Å². The summed E-state index contributed by atoms with van der Waals surface area (Å²) in [6.07, 6.45) is 3.97. The van der Waals surface area contributed by atoms with Gasteiger partial charge in [-0.2, -0.15) is 0 Å². The molecule has 2 aliphatic heterocycles. The molecule has 2 fully saturated rings. The molecule has 0 aromatic carbocycles. The Morgan fingerprint density at radius 2 is 2.00 bits per heavy atom. The van der Waals surface area contributed by atoms with Gasteiger partial charge in [-0.05, 0) is 39.7 Å². The number of hydrogen-bond acceptors (Lipinski definition) is 4. The maximum absolute atomic E-state index is 12.6. The lowest BCUT2D eigenvalue weighted by molar-refractivity contribution is -0.133. The Morgan fingerprint density at radius 3 is 2.67 bits per heavy atom. The molecule has 2 atom stereocenters. The Bertz CT molecular complexity index is 481. The van der Waals surface area contributed by atoms with Crippen LogP contribution in [0.2, 0.25) is 0 Å². The average Bonchev–Trinajstić information content (AvgIpc) is 2.78. The van der Waals surface area contributed by atoms with Gasteiger partial charge in [0, 0.05) is 23.5 Å². The second-order valence-electron chi connectivity index (χ2n) is 5.60. The first-order valence-corrected chi connectivity index (χ1v) is 7.91. The standard InChI is InChI=1S/C14H21N3OS.2ClH/c1-9-13(19-10(2)16-9)7-14(18)17-11-3-4-12(17)8-15-6-5-11;;/h11-12,15H,3-8H2,1-2H3;2*1H/t11-,12+;;/m1../s1. The summed E-state index contributed by atoms with van der Waals surface area (Å²) in [5, 5.41) is 4.50. The Labute approximate surface area is 142 Å². The average molecular weight is 352 g/mol. The van der Waals surface area contributed by atoms with Gasteiger partial charge in [0.15, 0.2) is 0 Å². The lowest BCUT2D eigenvalue weighted by Gasteiger charge is -2.27. The number of aromatic nitrogens is 1. The van der Waals surface area contributed by atoms with Gasteiger partial charge in [0.25, 0.3) is 0 Å². The highest BCUT2D eigenvalue weighted by Crippen LogP contribution is 2.29. The lowest BCUT2D eigenvalue weighted by Crippen LogP contribution is -2.43. The summed E-state index contributed by atoms with van der Waals surface area (Å²) >= 11 is 1.66. The number of nitrogens with zero attached hydrogens (tertiary/aromatic N) is 2. The number of carbonyl (C=O) groups is 1. The van der Waals surface area contributed by atoms with Gasteiger partial charge < -0.3 is 10.2 Å². The van der Waals surface area contributed by atoms with E-state index >= 15 is 0 Å². The molecule has 120 valence electrons. The third-order valence-electron chi connectivity index (χ3n) is 4.25. The van der Waals surface area contributed by atoms with Gasteiger partial charge in [-0.15, -0.1) is 36.2 Å². The van der Waals surface area contributed by atoms with Crippen LogP contribution >= 0.6 is 36.2 Å². The summed E-state index contributed by atoms with van der Waals surface area (Å²) in [4.78, 5) is 20.3. The van der Waals surface area contributed by atoms with Crippen molar-refractivity contribution in [2.24, 2.45) is 0 Å². The molecule has 3 rings (SSSR count). The predicted molar refractivity (Wildman–Crippen MR) is 90.9 cm³/mol. The Hall–Kier alpha value is -0.360. The summed E-state index contributed by atoms with van der Waals surface area (Å²) in [6, 6.07) is 0.871. The van der Waals surface area contributed by atoms with Crippen LogP contribution < -0.4 is 5.32 Å². The zero-order valence-electron chi connectivity index (χ0n) is 12.4. The highest BCUT2D eigenvalue weighted by molar-refractivity contribution is 7.11. The van der Waals surface area contributed by atoms with E-state index < -0.39 is 0 Å². The summed E-state index contributed by atoms with van der Waals surface area (Å²) in [5.74, 6) is 0.294. The van der Waals surface area contributed by atoms with E-state index in [0.29, 0.717) is 24.4 Å². The minimum Gasteiger partial charge on any atom is -0.335 e. The van der Waals surface area contributed by atoms with E-state index in [2.05, 4.69) is 15.2 Å². The Morgan fingerprint density at radius 1 is 1.29 bits per heavy atom. The lowest BCUT2D eigenvalue weighted by atomic mass is 10.1. The summed E-state index contributed by atoms with van der Waals surface area (Å²) in [6.45, 7) is 6.02. The van der Waals surface area contributed by atoms with Crippen LogP contribution in [-0.4, -0.2) is 41.0 Å². The number of carbonyl (C=O) groups excluding carboxylic acids is 1. The Balaban J connectivity index is 0.00000110. The summed E-state index contributed by atoms with van der Waals surface area (Å²) < 4.78 is 0. The molecule has 2 aliphatic rings. The van der Waals surface area contributed by atoms with E-state index in [4.69, 9.17) is 0 Å². The van der Waals surface area contributed by atoms with Crippen LogP contribution in [0.5, 0.6) is 0 Å². The molecule has 0 spiro atoms. The van der Waals surface area contributed by atoms with Crippen LogP contribution in [0.15, 0.2) is 0 Å². The molecule has 1 N–H and O–H groups in total. The molecule has 1 aromatic heterocycles. The van der Waals surface area contributed by atoms with Crippen molar-refractivity contribution in [2.45, 2.75) is 51.6 Å². The first kappa shape index (κ1) is 18.7. The molecule has 4 nitrogen and oxygen atoms in total. The van der Waals surface area contributed by atoms with E-state index in [0.717, 1.165) is 41.5 Å². The molecular weight excluding hydrogens is 329 g/mol. The molecule has 2 bridgehead atoms. The number of fused-ring (bicyclic) bond motifs is 2. The van der Waals surface area contributed by atoms with E-state index in [1.165, 1.54) is 6.42 Å². The van der Waals surface area contributed by atoms with Crippen molar-refractivity contribution in [1.29, 1.82) is 0 Å². The largest absolute Gasteiger partial charge is 0.335 e. The van der Waals surface area contributed by atoms with Gasteiger partial charge in [0.1, 0.15) is 0 Å². The van der Waals surface area contributed by atoms with Crippen LogP contribution in [-0.2, 0) is 11.2 Å². The first-order valence-electron chi connectivity index (χ1n) is 7.10. The van der Waals surface area contributed by atoms with Crippen LogP contribution in [0, 0.1) is 13.8 Å². The normalized spacial score (nSPS) is 24.0. The van der Waals surface area contributed by atoms with Crippen LogP contribution in [0.25, 0.3) is 0 Å². The molecule has 21 heavy (non-hydrogen) atoms. The molecule has 3 heterocycles. The van der Waals surface area contributed by atoms with E-state index in [9.17, 15) is 4.79 Å². The van der Waals surface area contributed by atoms with Crippen LogP contribution in [0.4, 0.5) is 0 Å². The van der Waals surface area contributed by atoms with Crippen molar-refractivity contribution in [3.8, 4) is 0 Å². The number of hydrogen-bond donors (Lipinski definition) is 1. The van der Waals surface area contributed by atoms with Crippen molar-refractivity contribution < 1.29 is 4.79 Å². The second kappa shape index (κ2) is 7.77. The van der Waals surface area contributed by atoms with Gasteiger partial charge in [-0.3, -0.25) is 4.79 Å². The number of amides is 1. The van der Waals surface area contributed by atoms with Crippen molar-refractivity contribution in [2.75, 3.05) is 13.1 Å². The van der Waals surface area contributed by atoms with E-state index in [1.54, 1.807) is 11.3 Å². The van der Waals surface area contributed by atoms with Gasteiger partial charge >= 0.3 is 0 Å². The maximum atomic E-state index is 12.6. The van der Waals surface area contributed by atoms with Gasteiger partial charge in [-0.25, -0.2) is 4.98 Å². The van der Waals surface area contributed by atoms with Crippen LogP contribution in [0.3, 0.4) is 0 Å². The molecule has 7 heteroatoms. The SMILES string of the molecule is Cc1nc(C)c(CC(=O)N2[C@H]3CCNC[C@@H]2CC3)s1.Cl.Cl.